The molecule has 1 atom stereocenters. The molecule has 3 N–H and O–H groups in total. The Hall–Kier alpha value is -1.50. The molecule has 1 aromatic carbocycles. The minimum absolute atomic E-state index is 0.252. The Morgan fingerprint density at radius 2 is 2.00 bits per heavy atom. The first-order valence-electron chi connectivity index (χ1n) is 7.28. The van der Waals surface area contributed by atoms with Crippen LogP contribution in [0.15, 0.2) is 32.8 Å². The molecule has 5 nitrogen and oxygen atoms in total. The number of thioether (sulfide) groups is 1. The van der Waals surface area contributed by atoms with Crippen molar-refractivity contribution in [3.63, 3.8) is 0 Å². The molecule has 0 aliphatic rings. The van der Waals surface area contributed by atoms with Crippen LogP contribution in [0.2, 0.25) is 5.02 Å². The highest BCUT2D eigenvalue weighted by atomic mass is 35.5. The van der Waals surface area contributed by atoms with Crippen molar-refractivity contribution >= 4 is 23.4 Å². The van der Waals surface area contributed by atoms with Gasteiger partial charge in [-0.1, -0.05) is 18.5 Å². The van der Waals surface area contributed by atoms with E-state index in [4.69, 9.17) is 17.3 Å². The standard InChI is InChI=1S/C16H20ClN3O2S/c1-9-4-13(17)5-12(14(9)23-11(3)6-18)8-20-7-10(2)15(21)19-16(20)22/h4-5,7,11H,6,8,18H2,1-3H3,(H,19,21,22). The summed E-state index contributed by atoms with van der Waals surface area (Å²) in [5.41, 5.74) is 7.41. The fourth-order valence-electron chi connectivity index (χ4n) is 2.25. The molecule has 7 heteroatoms. The Morgan fingerprint density at radius 1 is 1.30 bits per heavy atom. The number of aryl methyl sites for hydroxylation is 2. The number of benzene rings is 1. The normalized spacial score (nSPS) is 12.4. The number of rotatable bonds is 5. The van der Waals surface area contributed by atoms with Crippen LogP contribution >= 0.6 is 23.4 Å². The number of nitrogens with one attached hydrogen (secondary N) is 1. The minimum atomic E-state index is -0.430. The Kier molecular flexibility index (Phi) is 5.73. The fraction of sp³-hybridized carbons (Fsp3) is 0.375. The van der Waals surface area contributed by atoms with Gasteiger partial charge in [-0.15, -0.1) is 11.8 Å². The zero-order valence-corrected chi connectivity index (χ0v) is 14.9. The Bertz CT molecular complexity index is 829. The summed E-state index contributed by atoms with van der Waals surface area (Å²) in [6.45, 7) is 6.62. The highest BCUT2D eigenvalue weighted by Crippen LogP contribution is 2.32. The molecule has 0 bridgehead atoms. The Labute approximate surface area is 143 Å². The van der Waals surface area contributed by atoms with E-state index in [0.717, 1.165) is 16.0 Å². The largest absolute Gasteiger partial charge is 0.329 e. The summed E-state index contributed by atoms with van der Waals surface area (Å²) in [5, 5.41) is 0.874. The summed E-state index contributed by atoms with van der Waals surface area (Å²) in [7, 11) is 0. The molecular formula is C16H20ClN3O2S. The third kappa shape index (κ3) is 4.28. The summed E-state index contributed by atoms with van der Waals surface area (Å²) in [5.74, 6) is 0. The number of nitrogens with two attached hydrogens (primary N) is 1. The molecule has 124 valence electrons. The lowest BCUT2D eigenvalue weighted by Gasteiger charge is -2.17. The van der Waals surface area contributed by atoms with Gasteiger partial charge in [-0.2, -0.15) is 0 Å². The number of H-pyrrole nitrogens is 1. The van der Waals surface area contributed by atoms with Crippen molar-refractivity contribution in [1.29, 1.82) is 0 Å². The number of hydrogen-bond acceptors (Lipinski definition) is 4. The molecule has 0 aliphatic heterocycles. The maximum Gasteiger partial charge on any atom is 0.328 e. The van der Waals surface area contributed by atoms with Crippen LogP contribution in [0.5, 0.6) is 0 Å². The summed E-state index contributed by atoms with van der Waals surface area (Å²) in [6, 6.07) is 3.75. The molecule has 0 aliphatic carbocycles. The van der Waals surface area contributed by atoms with Crippen molar-refractivity contribution in [2.45, 2.75) is 37.5 Å². The Balaban J connectivity index is 2.48. The van der Waals surface area contributed by atoms with E-state index >= 15 is 0 Å². The lowest BCUT2D eigenvalue weighted by atomic mass is 10.1. The average molecular weight is 354 g/mol. The number of hydrogen-bond donors (Lipinski definition) is 2. The number of aromatic nitrogens is 2. The van der Waals surface area contributed by atoms with E-state index in [9.17, 15) is 9.59 Å². The molecule has 0 amide bonds. The van der Waals surface area contributed by atoms with Gasteiger partial charge in [-0.05, 0) is 37.1 Å². The first-order chi connectivity index (χ1) is 10.8. The molecule has 0 fully saturated rings. The molecule has 2 rings (SSSR count). The molecule has 2 aromatic rings. The topological polar surface area (TPSA) is 80.9 Å². The van der Waals surface area contributed by atoms with E-state index in [-0.39, 0.29) is 10.8 Å². The molecular weight excluding hydrogens is 334 g/mol. The number of nitrogens with zero attached hydrogens (tertiary/aromatic N) is 1. The van der Waals surface area contributed by atoms with E-state index in [1.165, 1.54) is 4.57 Å². The van der Waals surface area contributed by atoms with Crippen LogP contribution in [0.3, 0.4) is 0 Å². The maximum atomic E-state index is 12.0. The van der Waals surface area contributed by atoms with Crippen LogP contribution in [0.25, 0.3) is 0 Å². The van der Waals surface area contributed by atoms with E-state index in [1.807, 2.05) is 19.1 Å². The number of aromatic amines is 1. The lowest BCUT2D eigenvalue weighted by molar-refractivity contribution is 0.704. The minimum Gasteiger partial charge on any atom is -0.329 e. The second kappa shape index (κ2) is 7.38. The molecule has 0 saturated heterocycles. The first-order valence-corrected chi connectivity index (χ1v) is 8.53. The predicted molar refractivity (Wildman–Crippen MR) is 95.7 cm³/mol. The fourth-order valence-corrected chi connectivity index (χ4v) is 3.57. The smallest absolute Gasteiger partial charge is 0.328 e. The van der Waals surface area contributed by atoms with Gasteiger partial charge in [-0.25, -0.2) is 4.79 Å². The van der Waals surface area contributed by atoms with Gasteiger partial charge in [0.1, 0.15) is 0 Å². The van der Waals surface area contributed by atoms with Gasteiger partial charge in [0.05, 0.1) is 6.54 Å². The molecule has 23 heavy (non-hydrogen) atoms. The molecule has 1 unspecified atom stereocenters. The van der Waals surface area contributed by atoms with Gasteiger partial charge in [0.15, 0.2) is 0 Å². The number of halogens is 1. The van der Waals surface area contributed by atoms with Gasteiger partial charge in [0.25, 0.3) is 5.56 Å². The summed E-state index contributed by atoms with van der Waals surface area (Å²) in [6.07, 6.45) is 1.57. The molecule has 0 spiro atoms. The van der Waals surface area contributed by atoms with Gasteiger partial charge in [-0.3, -0.25) is 14.3 Å². The predicted octanol–water partition coefficient (Wildman–Crippen LogP) is 2.29. The maximum absolute atomic E-state index is 12.0. The van der Waals surface area contributed by atoms with Crippen LogP contribution < -0.4 is 17.0 Å². The molecule has 0 radical (unpaired) electrons. The van der Waals surface area contributed by atoms with E-state index in [1.54, 1.807) is 24.9 Å². The van der Waals surface area contributed by atoms with Crippen molar-refractivity contribution in [2.24, 2.45) is 5.73 Å². The van der Waals surface area contributed by atoms with Crippen molar-refractivity contribution in [2.75, 3.05) is 6.54 Å². The second-order valence-corrected chi connectivity index (χ2v) is 7.46. The zero-order chi connectivity index (χ0) is 17.1. The lowest BCUT2D eigenvalue weighted by Crippen LogP contribution is -2.31. The van der Waals surface area contributed by atoms with Crippen LogP contribution in [0.1, 0.15) is 23.6 Å². The summed E-state index contributed by atoms with van der Waals surface area (Å²) < 4.78 is 1.49. The Morgan fingerprint density at radius 3 is 2.65 bits per heavy atom. The van der Waals surface area contributed by atoms with E-state index in [0.29, 0.717) is 23.7 Å². The zero-order valence-electron chi connectivity index (χ0n) is 13.4. The molecule has 1 aromatic heterocycles. The molecule has 0 saturated carbocycles. The van der Waals surface area contributed by atoms with Crippen LogP contribution in [-0.4, -0.2) is 21.3 Å². The van der Waals surface area contributed by atoms with Crippen LogP contribution in [0.4, 0.5) is 0 Å². The van der Waals surface area contributed by atoms with Crippen molar-refractivity contribution < 1.29 is 0 Å². The first kappa shape index (κ1) is 17.8. The van der Waals surface area contributed by atoms with Crippen LogP contribution in [0, 0.1) is 13.8 Å². The summed E-state index contributed by atoms with van der Waals surface area (Å²) in [4.78, 5) is 26.9. The third-order valence-electron chi connectivity index (χ3n) is 3.50. The summed E-state index contributed by atoms with van der Waals surface area (Å²) >= 11 is 7.84. The van der Waals surface area contributed by atoms with Gasteiger partial charge >= 0.3 is 5.69 Å². The average Bonchev–Trinajstić information content (AvgIpc) is 2.47. The molecule has 1 heterocycles. The van der Waals surface area contributed by atoms with Crippen LogP contribution in [-0.2, 0) is 6.54 Å². The van der Waals surface area contributed by atoms with E-state index < -0.39 is 5.69 Å². The van der Waals surface area contributed by atoms with Crippen molar-refractivity contribution in [3.05, 3.63) is 60.9 Å². The van der Waals surface area contributed by atoms with Gasteiger partial charge in [0, 0.05) is 33.5 Å². The second-order valence-electron chi connectivity index (χ2n) is 5.57. The van der Waals surface area contributed by atoms with Crippen molar-refractivity contribution in [1.82, 2.24) is 9.55 Å². The highest BCUT2D eigenvalue weighted by molar-refractivity contribution is 8.00. The van der Waals surface area contributed by atoms with Crippen molar-refractivity contribution in [3.8, 4) is 0 Å². The quantitative estimate of drug-likeness (QED) is 0.808. The van der Waals surface area contributed by atoms with Gasteiger partial charge < -0.3 is 5.73 Å². The third-order valence-corrected chi connectivity index (χ3v) is 5.13. The highest BCUT2D eigenvalue weighted by Gasteiger charge is 2.13. The monoisotopic (exact) mass is 353 g/mol. The van der Waals surface area contributed by atoms with E-state index in [2.05, 4.69) is 11.9 Å². The van der Waals surface area contributed by atoms with Gasteiger partial charge in [0.2, 0.25) is 0 Å². The SMILES string of the molecule is Cc1cc(Cl)cc(Cn2cc(C)c(=O)[nH]c2=O)c1SC(C)CN.